The van der Waals surface area contributed by atoms with Crippen LogP contribution in [0, 0.1) is 0 Å². The average molecular weight is 202 g/mol. The third-order valence-corrected chi connectivity index (χ3v) is 1.86. The van der Waals surface area contributed by atoms with E-state index in [4.69, 9.17) is 10.8 Å². The smallest absolute Gasteiger partial charge is 0.320 e. The molecule has 14 heavy (non-hydrogen) atoms. The maximum atomic E-state index is 10.6. The van der Waals surface area contributed by atoms with Gasteiger partial charge in [-0.1, -0.05) is 0 Å². The van der Waals surface area contributed by atoms with E-state index in [0.29, 0.717) is 18.9 Å². The highest BCUT2D eigenvalue weighted by atomic mass is 16.4. The van der Waals surface area contributed by atoms with Crippen molar-refractivity contribution in [3.05, 3.63) is 0 Å². The molecule has 0 rings (SSSR count). The van der Waals surface area contributed by atoms with Gasteiger partial charge >= 0.3 is 5.97 Å². The Hall–Kier alpha value is -1.30. The number of likely N-dealkylation sites (N-methyl/N-ethyl adjacent to an activating group) is 1. The van der Waals surface area contributed by atoms with Crippen LogP contribution in [0.2, 0.25) is 0 Å². The summed E-state index contributed by atoms with van der Waals surface area (Å²) in [6, 6.07) is -0.489. The Kier molecular flexibility index (Phi) is 6.47. The van der Waals surface area contributed by atoms with E-state index in [1.807, 2.05) is 0 Å². The van der Waals surface area contributed by atoms with Crippen LogP contribution in [0.25, 0.3) is 0 Å². The molecule has 82 valence electrons. The lowest BCUT2D eigenvalue weighted by Crippen LogP contribution is -2.36. The molecular formula is C8H18N4O2. The molecule has 5 N–H and O–H groups in total. The predicted molar refractivity (Wildman–Crippen MR) is 55.3 cm³/mol. The Morgan fingerprint density at radius 1 is 1.64 bits per heavy atom. The number of carboxylic acids is 1. The number of rotatable bonds is 6. The Labute approximate surface area is 83.6 Å². The summed E-state index contributed by atoms with van der Waals surface area (Å²) in [6.45, 7) is 0.634. The number of nitrogens with zero attached hydrogens (tertiary/aromatic N) is 1. The van der Waals surface area contributed by atoms with Crippen molar-refractivity contribution in [3.8, 4) is 0 Å². The van der Waals surface area contributed by atoms with E-state index in [-0.39, 0.29) is 0 Å². The van der Waals surface area contributed by atoms with Crippen molar-refractivity contribution in [1.82, 2.24) is 10.6 Å². The minimum Gasteiger partial charge on any atom is -0.480 e. The van der Waals surface area contributed by atoms with Crippen molar-refractivity contribution in [2.24, 2.45) is 10.7 Å². The van der Waals surface area contributed by atoms with Crippen molar-refractivity contribution < 1.29 is 9.90 Å². The quantitative estimate of drug-likeness (QED) is 0.251. The van der Waals surface area contributed by atoms with Gasteiger partial charge in [0, 0.05) is 13.6 Å². The van der Waals surface area contributed by atoms with Crippen molar-refractivity contribution in [2.45, 2.75) is 18.9 Å². The van der Waals surface area contributed by atoms with Crippen molar-refractivity contribution in [1.29, 1.82) is 0 Å². The van der Waals surface area contributed by atoms with Crippen molar-refractivity contribution in [2.75, 3.05) is 20.6 Å². The molecule has 0 aromatic heterocycles. The van der Waals surface area contributed by atoms with Crippen molar-refractivity contribution >= 4 is 11.9 Å². The molecule has 0 aliphatic heterocycles. The molecule has 0 bridgehead atoms. The molecule has 0 saturated carbocycles. The minimum absolute atomic E-state index is 0.376. The Morgan fingerprint density at radius 2 is 2.29 bits per heavy atom. The van der Waals surface area contributed by atoms with Crippen LogP contribution in [0.5, 0.6) is 0 Å². The van der Waals surface area contributed by atoms with E-state index in [2.05, 4.69) is 15.6 Å². The van der Waals surface area contributed by atoms with Gasteiger partial charge in [-0.2, -0.15) is 0 Å². The van der Waals surface area contributed by atoms with E-state index in [0.717, 1.165) is 6.42 Å². The van der Waals surface area contributed by atoms with Crippen LogP contribution in [0.1, 0.15) is 12.8 Å². The zero-order valence-electron chi connectivity index (χ0n) is 8.58. The molecule has 0 heterocycles. The van der Waals surface area contributed by atoms with Crippen LogP contribution >= 0.6 is 0 Å². The molecule has 0 aromatic carbocycles. The molecule has 0 saturated heterocycles. The Morgan fingerprint density at radius 3 is 2.71 bits per heavy atom. The van der Waals surface area contributed by atoms with Crippen molar-refractivity contribution in [3.63, 3.8) is 0 Å². The van der Waals surface area contributed by atoms with E-state index in [1.165, 1.54) is 0 Å². The highest BCUT2D eigenvalue weighted by Gasteiger charge is 2.13. The van der Waals surface area contributed by atoms with Crippen LogP contribution in [0.15, 0.2) is 4.99 Å². The van der Waals surface area contributed by atoms with Crippen LogP contribution in [-0.2, 0) is 4.79 Å². The van der Waals surface area contributed by atoms with Gasteiger partial charge in [-0.15, -0.1) is 0 Å². The number of hydrogen-bond acceptors (Lipinski definition) is 3. The van der Waals surface area contributed by atoms with Crippen LogP contribution in [-0.4, -0.2) is 43.7 Å². The van der Waals surface area contributed by atoms with Gasteiger partial charge in [0.2, 0.25) is 0 Å². The second kappa shape index (κ2) is 7.14. The number of carbonyl (C=O) groups is 1. The second-order valence-electron chi connectivity index (χ2n) is 2.86. The number of aliphatic carboxylic acids is 1. The molecule has 6 heteroatoms. The molecule has 0 aromatic rings. The fraction of sp³-hybridized carbons (Fsp3) is 0.750. The van der Waals surface area contributed by atoms with Gasteiger partial charge in [-0.25, -0.2) is 0 Å². The summed E-state index contributed by atoms with van der Waals surface area (Å²) in [4.78, 5) is 14.3. The molecule has 0 aliphatic carbocycles. The zero-order valence-corrected chi connectivity index (χ0v) is 8.58. The maximum absolute atomic E-state index is 10.6. The number of guanidine groups is 1. The third kappa shape index (κ3) is 5.36. The van der Waals surface area contributed by atoms with Gasteiger partial charge in [0.25, 0.3) is 0 Å². The lowest BCUT2D eigenvalue weighted by Gasteiger charge is -2.10. The predicted octanol–water partition coefficient (Wildman–Crippen LogP) is -1.03. The van der Waals surface area contributed by atoms with Crippen LogP contribution in [0.3, 0.4) is 0 Å². The first-order chi connectivity index (χ1) is 6.61. The topological polar surface area (TPSA) is 99.7 Å². The van der Waals surface area contributed by atoms with Gasteiger partial charge in [0.1, 0.15) is 6.04 Å². The lowest BCUT2D eigenvalue weighted by molar-refractivity contribution is -0.139. The average Bonchev–Trinajstić information content (AvgIpc) is 2.16. The maximum Gasteiger partial charge on any atom is 0.320 e. The lowest BCUT2D eigenvalue weighted by atomic mass is 10.1. The summed E-state index contributed by atoms with van der Waals surface area (Å²) < 4.78 is 0. The molecular weight excluding hydrogens is 184 g/mol. The minimum atomic E-state index is -0.829. The molecule has 0 radical (unpaired) electrons. The first kappa shape index (κ1) is 12.7. The van der Waals surface area contributed by atoms with E-state index < -0.39 is 12.0 Å². The SMILES string of the molecule is CN=C(N)NCCC[C@H](NC)C(=O)O. The first-order valence-corrected chi connectivity index (χ1v) is 4.48. The summed E-state index contributed by atoms with van der Waals surface area (Å²) in [6.07, 6.45) is 1.30. The number of hydrogen-bond donors (Lipinski definition) is 4. The van der Waals surface area contributed by atoms with Gasteiger partial charge in [-0.05, 0) is 19.9 Å². The Bertz CT molecular complexity index is 206. The number of aliphatic imine (C=N–C) groups is 1. The molecule has 0 amide bonds. The highest BCUT2D eigenvalue weighted by Crippen LogP contribution is 1.95. The van der Waals surface area contributed by atoms with Crippen LogP contribution < -0.4 is 16.4 Å². The fourth-order valence-corrected chi connectivity index (χ4v) is 0.993. The number of nitrogens with two attached hydrogens (primary N) is 1. The third-order valence-electron chi connectivity index (χ3n) is 1.86. The van der Waals surface area contributed by atoms with Crippen LogP contribution in [0.4, 0.5) is 0 Å². The monoisotopic (exact) mass is 202 g/mol. The molecule has 0 fully saturated rings. The number of nitrogens with one attached hydrogen (secondary N) is 2. The van der Waals surface area contributed by atoms with E-state index in [1.54, 1.807) is 14.1 Å². The first-order valence-electron chi connectivity index (χ1n) is 4.48. The normalized spacial score (nSPS) is 13.7. The molecule has 0 unspecified atom stereocenters. The molecule has 6 nitrogen and oxygen atoms in total. The zero-order chi connectivity index (χ0) is 11.0. The number of carboxylic acid groups (broad SMARTS) is 1. The summed E-state index contributed by atoms with van der Waals surface area (Å²) in [5, 5.41) is 14.3. The second-order valence-corrected chi connectivity index (χ2v) is 2.86. The summed E-state index contributed by atoms with van der Waals surface area (Å²) >= 11 is 0. The molecule has 0 spiro atoms. The van der Waals surface area contributed by atoms with E-state index in [9.17, 15) is 4.79 Å². The standard InChI is InChI=1S/C8H18N4O2/c1-10-6(7(13)14)4-3-5-12-8(9)11-2/h6,10H,3-5H2,1-2H3,(H,13,14)(H3,9,11,12)/t6-/m0/s1. The van der Waals surface area contributed by atoms with Gasteiger partial charge in [0.15, 0.2) is 5.96 Å². The molecule has 0 aliphatic rings. The largest absolute Gasteiger partial charge is 0.480 e. The summed E-state index contributed by atoms with van der Waals surface area (Å²) in [5.41, 5.74) is 5.39. The summed E-state index contributed by atoms with van der Waals surface area (Å²) in [5.74, 6) is -0.453. The van der Waals surface area contributed by atoms with E-state index >= 15 is 0 Å². The van der Waals surface area contributed by atoms with Gasteiger partial charge < -0.3 is 21.5 Å². The fourth-order valence-electron chi connectivity index (χ4n) is 0.993. The van der Waals surface area contributed by atoms with Gasteiger partial charge in [-0.3, -0.25) is 9.79 Å². The summed E-state index contributed by atoms with van der Waals surface area (Å²) in [7, 11) is 3.23. The van der Waals surface area contributed by atoms with Gasteiger partial charge in [0.05, 0.1) is 0 Å². The Balaban J connectivity index is 3.57. The molecule has 1 atom stereocenters. The highest BCUT2D eigenvalue weighted by molar-refractivity contribution is 5.77.